The number of para-hydroxylation sites is 2. The number of rotatable bonds is 2. The van der Waals surface area contributed by atoms with E-state index in [1.54, 1.807) is 0 Å². The van der Waals surface area contributed by atoms with Crippen molar-refractivity contribution in [1.82, 2.24) is 0 Å². The molecule has 1 saturated heterocycles. The highest BCUT2D eigenvalue weighted by molar-refractivity contribution is 5.70. The van der Waals surface area contributed by atoms with Crippen molar-refractivity contribution in [3.63, 3.8) is 0 Å². The van der Waals surface area contributed by atoms with Gasteiger partial charge in [0, 0.05) is 25.3 Å². The van der Waals surface area contributed by atoms with Crippen molar-refractivity contribution in [3.8, 4) is 0 Å². The minimum Gasteiger partial charge on any atom is -0.383 e. The minimum absolute atomic E-state index is 0.378. The Labute approximate surface area is 132 Å². The van der Waals surface area contributed by atoms with E-state index in [0.29, 0.717) is 6.04 Å². The van der Waals surface area contributed by atoms with Crippen molar-refractivity contribution in [3.05, 3.63) is 54.1 Å². The van der Waals surface area contributed by atoms with Crippen LogP contribution in [-0.2, 0) is 0 Å². The summed E-state index contributed by atoms with van der Waals surface area (Å²) in [6.07, 6.45) is 3.75. The van der Waals surface area contributed by atoms with Gasteiger partial charge in [-0.2, -0.15) is 0 Å². The fraction of sp³-hybridized carbons (Fsp3) is 0.368. The van der Waals surface area contributed by atoms with Crippen LogP contribution in [0.25, 0.3) is 0 Å². The summed E-state index contributed by atoms with van der Waals surface area (Å²) in [4.78, 5) is 2.49. The Morgan fingerprint density at radius 3 is 2.36 bits per heavy atom. The molecule has 0 aromatic heterocycles. The van der Waals surface area contributed by atoms with Crippen LogP contribution >= 0.6 is 0 Å². The molecule has 3 heteroatoms. The Hall–Kier alpha value is -2.16. The van der Waals surface area contributed by atoms with Crippen molar-refractivity contribution in [2.24, 2.45) is 0 Å². The number of hydrogen-bond acceptors (Lipinski definition) is 3. The molecule has 2 heterocycles. The van der Waals surface area contributed by atoms with E-state index < -0.39 is 0 Å². The molecule has 114 valence electrons. The molecule has 2 aliphatic heterocycles. The lowest BCUT2D eigenvalue weighted by atomic mass is 10.0. The van der Waals surface area contributed by atoms with E-state index in [2.05, 4.69) is 64.1 Å². The summed E-state index contributed by atoms with van der Waals surface area (Å²) >= 11 is 0. The van der Waals surface area contributed by atoms with Crippen LogP contribution in [0.3, 0.4) is 0 Å². The van der Waals surface area contributed by atoms with Gasteiger partial charge in [-0.1, -0.05) is 24.3 Å². The van der Waals surface area contributed by atoms with E-state index in [0.717, 1.165) is 13.0 Å². The fourth-order valence-corrected chi connectivity index (χ4v) is 3.52. The maximum atomic E-state index is 3.69. The maximum Gasteiger partial charge on any atom is 0.0580 e. The molecular weight excluding hydrogens is 270 g/mol. The fourth-order valence-electron chi connectivity index (χ4n) is 3.52. The van der Waals surface area contributed by atoms with E-state index in [9.17, 15) is 0 Å². The van der Waals surface area contributed by atoms with Crippen molar-refractivity contribution in [1.29, 1.82) is 0 Å². The predicted octanol–water partition coefficient (Wildman–Crippen LogP) is 4.26. The van der Waals surface area contributed by atoms with E-state index in [1.807, 2.05) is 0 Å². The second-order valence-electron chi connectivity index (χ2n) is 6.24. The Morgan fingerprint density at radius 1 is 0.864 bits per heavy atom. The first-order valence-electron chi connectivity index (χ1n) is 8.34. The SMILES string of the molecule is c1ccc2c(c1)NCCC(c1ccc(N3CCCC3)cc1)N2. The normalized spacial score (nSPS) is 20.7. The topological polar surface area (TPSA) is 27.3 Å². The molecule has 3 nitrogen and oxygen atoms in total. The van der Waals surface area contributed by atoms with Crippen molar-refractivity contribution in [2.45, 2.75) is 25.3 Å². The average molecular weight is 293 g/mol. The summed E-state index contributed by atoms with van der Waals surface area (Å²) in [6.45, 7) is 3.42. The number of nitrogens with zero attached hydrogens (tertiary/aromatic N) is 1. The van der Waals surface area contributed by atoms with E-state index >= 15 is 0 Å². The lowest BCUT2D eigenvalue weighted by Gasteiger charge is -2.21. The van der Waals surface area contributed by atoms with Gasteiger partial charge in [-0.05, 0) is 49.1 Å². The van der Waals surface area contributed by atoms with Gasteiger partial charge in [0.1, 0.15) is 0 Å². The molecule has 1 unspecified atom stereocenters. The molecule has 2 aromatic rings. The molecule has 0 radical (unpaired) electrons. The summed E-state index contributed by atoms with van der Waals surface area (Å²) in [5, 5.41) is 7.20. The molecule has 0 bridgehead atoms. The van der Waals surface area contributed by atoms with Crippen molar-refractivity contribution in [2.75, 3.05) is 35.2 Å². The number of fused-ring (bicyclic) bond motifs is 1. The molecule has 0 aliphatic carbocycles. The predicted molar refractivity (Wildman–Crippen MR) is 93.8 cm³/mol. The smallest absolute Gasteiger partial charge is 0.0580 e. The standard InChI is InChI=1S/C19H23N3/c1-2-6-19-18(5-1)20-12-11-17(21-19)15-7-9-16(10-8-15)22-13-3-4-14-22/h1-2,5-10,17,20-21H,3-4,11-14H2. The highest BCUT2D eigenvalue weighted by atomic mass is 15.1. The molecule has 2 aromatic carbocycles. The summed E-state index contributed by atoms with van der Waals surface area (Å²) in [5.41, 5.74) is 5.15. The van der Waals surface area contributed by atoms with Crippen LogP contribution in [0, 0.1) is 0 Å². The highest BCUT2D eigenvalue weighted by Gasteiger charge is 2.17. The molecule has 1 atom stereocenters. The minimum atomic E-state index is 0.378. The average Bonchev–Trinajstić information content (AvgIpc) is 3.01. The Morgan fingerprint density at radius 2 is 1.59 bits per heavy atom. The van der Waals surface area contributed by atoms with Gasteiger partial charge >= 0.3 is 0 Å². The van der Waals surface area contributed by atoms with Gasteiger partial charge in [-0.25, -0.2) is 0 Å². The molecule has 2 aliphatic rings. The summed E-state index contributed by atoms with van der Waals surface area (Å²) in [6, 6.07) is 18.0. The first-order chi connectivity index (χ1) is 10.9. The van der Waals surface area contributed by atoms with Gasteiger partial charge in [-0.15, -0.1) is 0 Å². The number of benzene rings is 2. The monoisotopic (exact) mass is 293 g/mol. The zero-order valence-corrected chi connectivity index (χ0v) is 12.9. The third kappa shape index (κ3) is 2.63. The third-order valence-electron chi connectivity index (χ3n) is 4.77. The molecule has 4 rings (SSSR count). The Kier molecular flexibility index (Phi) is 3.63. The van der Waals surface area contributed by atoms with Crippen LogP contribution in [-0.4, -0.2) is 19.6 Å². The number of anilines is 3. The molecule has 1 fully saturated rings. The molecule has 22 heavy (non-hydrogen) atoms. The first kappa shape index (κ1) is 13.5. The van der Waals surface area contributed by atoms with Gasteiger partial charge in [-0.3, -0.25) is 0 Å². The molecule has 0 spiro atoms. The van der Waals surface area contributed by atoms with E-state index in [1.165, 1.54) is 48.6 Å². The number of nitrogens with one attached hydrogen (secondary N) is 2. The molecule has 0 amide bonds. The van der Waals surface area contributed by atoms with Gasteiger partial charge in [0.15, 0.2) is 0 Å². The molecule has 2 N–H and O–H groups in total. The van der Waals surface area contributed by atoms with Gasteiger partial charge in [0.05, 0.1) is 17.4 Å². The first-order valence-corrected chi connectivity index (χ1v) is 8.34. The summed E-state index contributed by atoms with van der Waals surface area (Å²) in [5.74, 6) is 0. The van der Waals surface area contributed by atoms with E-state index in [4.69, 9.17) is 0 Å². The van der Waals surface area contributed by atoms with Gasteiger partial charge in [0.2, 0.25) is 0 Å². The quantitative estimate of drug-likeness (QED) is 0.866. The Balaban J connectivity index is 1.54. The second kappa shape index (κ2) is 5.91. The zero-order chi connectivity index (χ0) is 14.8. The number of hydrogen-bond donors (Lipinski definition) is 2. The van der Waals surface area contributed by atoms with Crippen LogP contribution in [0.2, 0.25) is 0 Å². The second-order valence-corrected chi connectivity index (χ2v) is 6.24. The van der Waals surface area contributed by atoms with Crippen LogP contribution in [0.15, 0.2) is 48.5 Å². The van der Waals surface area contributed by atoms with Crippen LogP contribution < -0.4 is 15.5 Å². The van der Waals surface area contributed by atoms with E-state index in [-0.39, 0.29) is 0 Å². The molecular formula is C19H23N3. The van der Waals surface area contributed by atoms with Gasteiger partial charge in [0.25, 0.3) is 0 Å². The largest absolute Gasteiger partial charge is 0.383 e. The van der Waals surface area contributed by atoms with Crippen molar-refractivity contribution >= 4 is 17.1 Å². The Bertz CT molecular complexity index is 629. The summed E-state index contributed by atoms with van der Waals surface area (Å²) in [7, 11) is 0. The van der Waals surface area contributed by atoms with Gasteiger partial charge < -0.3 is 15.5 Å². The van der Waals surface area contributed by atoms with Crippen LogP contribution in [0.5, 0.6) is 0 Å². The lowest BCUT2D eigenvalue weighted by Crippen LogP contribution is -2.17. The van der Waals surface area contributed by atoms with Crippen LogP contribution in [0.4, 0.5) is 17.1 Å². The van der Waals surface area contributed by atoms with Crippen molar-refractivity contribution < 1.29 is 0 Å². The van der Waals surface area contributed by atoms with Crippen LogP contribution in [0.1, 0.15) is 30.9 Å². The summed E-state index contributed by atoms with van der Waals surface area (Å²) < 4.78 is 0. The zero-order valence-electron chi connectivity index (χ0n) is 12.9. The maximum absolute atomic E-state index is 3.69. The third-order valence-corrected chi connectivity index (χ3v) is 4.77. The lowest BCUT2D eigenvalue weighted by molar-refractivity contribution is 0.731. The highest BCUT2D eigenvalue weighted by Crippen LogP contribution is 2.32. The molecule has 0 saturated carbocycles.